The Balaban J connectivity index is 1.37. The summed E-state index contributed by atoms with van der Waals surface area (Å²) < 4.78 is 25.4. The van der Waals surface area contributed by atoms with Crippen LogP contribution in [0.15, 0.2) is 24.3 Å². The predicted octanol–water partition coefficient (Wildman–Crippen LogP) is 2.63. The molecule has 194 valence electrons. The monoisotopic (exact) mass is 514 g/mol. The molecule has 1 aromatic heterocycles. The molecule has 1 fully saturated rings. The molecule has 36 heavy (non-hydrogen) atoms. The molecule has 0 radical (unpaired) electrons. The number of amides is 1. The summed E-state index contributed by atoms with van der Waals surface area (Å²) in [5.41, 5.74) is 4.92. The number of thiol groups is 1. The molecule has 2 aromatic rings. The number of hydrogen-bond acceptors (Lipinski definition) is 6. The molecule has 1 saturated heterocycles. The summed E-state index contributed by atoms with van der Waals surface area (Å²) >= 11 is 0. The number of carbonyl (C=O) groups is 2. The van der Waals surface area contributed by atoms with Gasteiger partial charge in [0.25, 0.3) is 0 Å². The maximum absolute atomic E-state index is 12.8. The van der Waals surface area contributed by atoms with E-state index in [1.54, 1.807) is 13.8 Å². The molecule has 2 N–H and O–H groups in total. The van der Waals surface area contributed by atoms with Crippen molar-refractivity contribution in [2.75, 3.05) is 29.3 Å². The molecule has 1 aromatic carbocycles. The van der Waals surface area contributed by atoms with Crippen molar-refractivity contribution in [3.05, 3.63) is 52.2 Å². The first kappa shape index (κ1) is 25.9. The molecule has 0 spiro atoms. The van der Waals surface area contributed by atoms with Gasteiger partial charge >= 0.3 is 5.97 Å². The summed E-state index contributed by atoms with van der Waals surface area (Å²) in [5.74, 6) is -0.617. The van der Waals surface area contributed by atoms with E-state index in [9.17, 15) is 23.1 Å². The van der Waals surface area contributed by atoms with Crippen LogP contribution < -0.4 is 9.62 Å². The predicted molar refractivity (Wildman–Crippen MR) is 139 cm³/mol. The van der Waals surface area contributed by atoms with Crippen molar-refractivity contribution in [1.82, 2.24) is 9.88 Å². The lowest BCUT2D eigenvalue weighted by molar-refractivity contribution is -0.150. The summed E-state index contributed by atoms with van der Waals surface area (Å²) in [7, 11) is -3.23. The third-order valence-corrected chi connectivity index (χ3v) is 7.88. The summed E-state index contributed by atoms with van der Waals surface area (Å²) in [5, 5.41) is 13.2. The minimum absolute atomic E-state index is 0.125. The zero-order valence-electron chi connectivity index (χ0n) is 21.0. The molecule has 2 atom stereocenters. The first-order valence-electron chi connectivity index (χ1n) is 12.4. The average Bonchev–Trinajstić information content (AvgIpc) is 2.82. The van der Waals surface area contributed by atoms with Crippen LogP contribution in [-0.4, -0.2) is 61.0 Å². The van der Waals surface area contributed by atoms with Crippen LogP contribution in [0.25, 0.3) is 0 Å². The van der Waals surface area contributed by atoms with Crippen molar-refractivity contribution in [2.45, 2.75) is 58.9 Å². The Hall–Kier alpha value is -3.14. The van der Waals surface area contributed by atoms with Crippen LogP contribution in [-0.2, 0) is 33.3 Å². The fraction of sp³-hybridized carbons (Fsp3) is 0.500. The molecule has 10 heteroatoms. The molecule has 3 heterocycles. The van der Waals surface area contributed by atoms with E-state index in [4.69, 9.17) is 4.98 Å². The van der Waals surface area contributed by atoms with Crippen LogP contribution >= 0.6 is 0 Å². The minimum atomic E-state index is -3.23. The number of aliphatic carboxylic acids is 1. The molecule has 9 nitrogen and oxygen atoms in total. The van der Waals surface area contributed by atoms with Gasteiger partial charge in [-0.3, -0.25) is 9.10 Å². The molecule has 4 rings (SSSR count). The van der Waals surface area contributed by atoms with E-state index in [1.165, 1.54) is 10.5 Å². The number of hydrogen-bond donors (Lipinski definition) is 3. The number of nitrogens with one attached hydrogen (secondary N) is 1. The van der Waals surface area contributed by atoms with Crippen LogP contribution in [0.3, 0.4) is 0 Å². The molecule has 0 saturated carbocycles. The van der Waals surface area contributed by atoms with Crippen LogP contribution in [0.1, 0.15) is 47.2 Å². The quantitative estimate of drug-likeness (QED) is 0.329. The lowest BCUT2D eigenvalue weighted by Gasteiger charge is -2.41. The number of anilines is 2. The Morgan fingerprint density at radius 2 is 1.97 bits per heavy atom. The van der Waals surface area contributed by atoms with E-state index >= 15 is 0 Å². The van der Waals surface area contributed by atoms with E-state index in [2.05, 4.69) is 11.4 Å². The minimum Gasteiger partial charge on any atom is -0.480 e. The second kappa shape index (κ2) is 10.9. The lowest BCUT2D eigenvalue weighted by Crippen LogP contribution is -2.58. The highest BCUT2D eigenvalue weighted by Gasteiger charge is 2.41. The first-order valence-corrected chi connectivity index (χ1v) is 13.5. The molecule has 0 bridgehead atoms. The first-order chi connectivity index (χ1) is 17.2. The van der Waals surface area contributed by atoms with Crippen molar-refractivity contribution in [3.63, 3.8) is 0 Å². The van der Waals surface area contributed by atoms with E-state index in [1.807, 2.05) is 25.1 Å². The Kier molecular flexibility index (Phi) is 7.82. The van der Waals surface area contributed by atoms with Gasteiger partial charge in [0.05, 0.1) is 18.2 Å². The van der Waals surface area contributed by atoms with Gasteiger partial charge in [0.1, 0.15) is 5.82 Å². The lowest BCUT2D eigenvalue weighted by atomic mass is 9.91. The van der Waals surface area contributed by atoms with Gasteiger partial charge in [0, 0.05) is 18.8 Å². The molecule has 2 unspecified atom stereocenters. The van der Waals surface area contributed by atoms with Gasteiger partial charge in [-0.2, -0.15) is 0 Å². The number of carboxylic acids is 1. The van der Waals surface area contributed by atoms with Crippen LogP contribution in [0, 0.1) is 26.7 Å². The van der Waals surface area contributed by atoms with Crippen LogP contribution in [0.4, 0.5) is 11.5 Å². The van der Waals surface area contributed by atoms with Gasteiger partial charge in [-0.05, 0) is 75.6 Å². The van der Waals surface area contributed by atoms with Gasteiger partial charge in [0.15, 0.2) is 6.04 Å². The van der Waals surface area contributed by atoms with E-state index in [0.29, 0.717) is 29.8 Å². The Bertz CT molecular complexity index is 1210. The summed E-state index contributed by atoms with van der Waals surface area (Å²) in [6, 6.07) is 6.43. The number of benzene rings is 1. The number of carboxylic acid groups (broad SMARTS) is 1. The molecule has 2 aliphatic rings. The Morgan fingerprint density at radius 1 is 1.25 bits per heavy atom. The third kappa shape index (κ3) is 5.48. The van der Waals surface area contributed by atoms with Crippen molar-refractivity contribution >= 4 is 34.3 Å². The van der Waals surface area contributed by atoms with Gasteiger partial charge in [-0.15, -0.1) is 0 Å². The summed E-state index contributed by atoms with van der Waals surface area (Å²) in [4.78, 5) is 31.1. The highest BCUT2D eigenvalue weighted by molar-refractivity contribution is 7.74. The summed E-state index contributed by atoms with van der Waals surface area (Å²) in [6.45, 7) is 6.61. The number of aryl methyl sites for hydroxylation is 5. The normalized spacial score (nSPS) is 17.8. The van der Waals surface area contributed by atoms with Crippen LogP contribution in [0.5, 0.6) is 0 Å². The Labute approximate surface area is 213 Å². The standard InChI is InChI=1S/C26H34N4O5S/c1-16-12-17(2)23(18(3)13-16)30(36(34)35)22(26(32)33)15-29-14-20(25(29)31)6-4-8-21-10-9-19-7-5-11-27-24(19)28-21/h9-10,12-13,20,22,36H,4-8,11,14-15H2,1-3H3,(H,27,28)(H,32,33). The number of fused-ring (bicyclic) bond motifs is 1. The molecule has 0 aliphatic carbocycles. The largest absolute Gasteiger partial charge is 0.480 e. The number of carbonyl (C=O) groups excluding carboxylic acids is 1. The van der Waals surface area contributed by atoms with Crippen molar-refractivity contribution in [2.24, 2.45) is 5.92 Å². The second-order valence-electron chi connectivity index (χ2n) is 9.86. The van der Waals surface area contributed by atoms with E-state index < -0.39 is 22.9 Å². The average molecular weight is 515 g/mol. The van der Waals surface area contributed by atoms with E-state index in [-0.39, 0.29) is 18.4 Å². The highest BCUT2D eigenvalue weighted by Crippen LogP contribution is 2.30. The maximum atomic E-state index is 12.8. The molecular formula is C26H34N4O5S. The number of likely N-dealkylation sites (tertiary alicyclic amines) is 1. The van der Waals surface area contributed by atoms with Gasteiger partial charge < -0.3 is 15.3 Å². The SMILES string of the molecule is Cc1cc(C)c(N(C(CN2CC(CCCc3ccc4c(n3)NCCC4)C2=O)C(=O)O)[SH](=O)=O)c(C)c1. The zero-order valence-corrected chi connectivity index (χ0v) is 21.9. The zero-order chi connectivity index (χ0) is 26.0. The Morgan fingerprint density at radius 3 is 2.61 bits per heavy atom. The number of pyridine rings is 1. The van der Waals surface area contributed by atoms with E-state index in [0.717, 1.165) is 53.6 Å². The van der Waals surface area contributed by atoms with Crippen LogP contribution in [0.2, 0.25) is 0 Å². The number of nitrogens with zero attached hydrogens (tertiary/aromatic N) is 3. The van der Waals surface area contributed by atoms with Gasteiger partial charge in [-0.1, -0.05) is 23.8 Å². The highest BCUT2D eigenvalue weighted by atomic mass is 32.2. The van der Waals surface area contributed by atoms with Crippen molar-refractivity contribution in [1.29, 1.82) is 0 Å². The summed E-state index contributed by atoms with van der Waals surface area (Å²) in [6.07, 6.45) is 4.42. The third-order valence-electron chi connectivity index (χ3n) is 7.05. The maximum Gasteiger partial charge on any atom is 0.329 e. The number of rotatable bonds is 10. The fourth-order valence-corrected chi connectivity index (χ4v) is 6.23. The van der Waals surface area contributed by atoms with Gasteiger partial charge in [-0.25, -0.2) is 18.2 Å². The number of β-lactam (4-membered cyclic amide) rings is 1. The molecular weight excluding hydrogens is 480 g/mol. The molecule has 2 aliphatic heterocycles. The molecule has 1 amide bonds. The fourth-order valence-electron chi connectivity index (χ4n) is 5.35. The topological polar surface area (TPSA) is 120 Å². The smallest absolute Gasteiger partial charge is 0.329 e. The van der Waals surface area contributed by atoms with Crippen molar-refractivity contribution in [3.8, 4) is 0 Å². The van der Waals surface area contributed by atoms with Gasteiger partial charge in [0.2, 0.25) is 16.8 Å². The number of aromatic nitrogens is 1. The van der Waals surface area contributed by atoms with Crippen molar-refractivity contribution < 1.29 is 23.1 Å². The second-order valence-corrected chi connectivity index (χ2v) is 10.8.